The van der Waals surface area contributed by atoms with Crippen molar-refractivity contribution < 1.29 is 9.59 Å². The SMILES string of the molecule is O=C1CC2(CCCC2)C(C2CCCC2)C(=O)N1. The molecule has 3 aliphatic rings. The average molecular weight is 235 g/mol. The van der Waals surface area contributed by atoms with Gasteiger partial charge in [-0.05, 0) is 37.0 Å². The summed E-state index contributed by atoms with van der Waals surface area (Å²) in [6.07, 6.45) is 10.1. The van der Waals surface area contributed by atoms with Gasteiger partial charge in [-0.1, -0.05) is 25.7 Å². The fraction of sp³-hybridized carbons (Fsp3) is 0.857. The zero-order chi connectivity index (χ0) is 11.9. The number of amides is 2. The monoisotopic (exact) mass is 235 g/mol. The van der Waals surface area contributed by atoms with Gasteiger partial charge in [-0.25, -0.2) is 0 Å². The molecule has 17 heavy (non-hydrogen) atoms. The fourth-order valence-electron chi connectivity index (χ4n) is 4.54. The van der Waals surface area contributed by atoms with Crippen molar-refractivity contribution in [3.8, 4) is 0 Å². The van der Waals surface area contributed by atoms with Gasteiger partial charge in [-0.2, -0.15) is 0 Å². The third kappa shape index (κ3) is 1.80. The van der Waals surface area contributed by atoms with E-state index >= 15 is 0 Å². The van der Waals surface area contributed by atoms with Crippen LogP contribution in [-0.4, -0.2) is 11.8 Å². The first-order valence-corrected chi connectivity index (χ1v) is 7.05. The average Bonchev–Trinajstić information content (AvgIpc) is 2.89. The summed E-state index contributed by atoms with van der Waals surface area (Å²) in [5.74, 6) is 0.674. The molecule has 94 valence electrons. The Bertz CT molecular complexity index is 338. The van der Waals surface area contributed by atoms with E-state index in [2.05, 4.69) is 5.32 Å². The number of carbonyl (C=O) groups excluding carboxylic acids is 2. The quantitative estimate of drug-likeness (QED) is 0.709. The third-order valence-corrected chi connectivity index (χ3v) is 5.19. The summed E-state index contributed by atoms with van der Waals surface area (Å²) in [4.78, 5) is 23.9. The minimum atomic E-state index is -0.0360. The van der Waals surface area contributed by atoms with Crippen LogP contribution in [0.3, 0.4) is 0 Å². The van der Waals surface area contributed by atoms with Crippen molar-refractivity contribution in [2.24, 2.45) is 17.3 Å². The zero-order valence-corrected chi connectivity index (χ0v) is 10.3. The molecular formula is C14H21NO2. The molecule has 1 N–H and O–H groups in total. The van der Waals surface area contributed by atoms with Gasteiger partial charge in [0.1, 0.15) is 0 Å². The number of rotatable bonds is 1. The van der Waals surface area contributed by atoms with Gasteiger partial charge >= 0.3 is 0 Å². The minimum absolute atomic E-state index is 0.0360. The Kier molecular flexibility index (Phi) is 2.72. The molecule has 1 aliphatic heterocycles. The number of piperidine rings is 1. The van der Waals surface area contributed by atoms with E-state index in [1.807, 2.05) is 0 Å². The van der Waals surface area contributed by atoms with Crippen LogP contribution in [0.5, 0.6) is 0 Å². The molecule has 0 aromatic carbocycles. The van der Waals surface area contributed by atoms with Gasteiger partial charge in [0.25, 0.3) is 0 Å². The first-order valence-electron chi connectivity index (χ1n) is 7.05. The highest BCUT2D eigenvalue weighted by Crippen LogP contribution is 2.53. The fourth-order valence-corrected chi connectivity index (χ4v) is 4.54. The van der Waals surface area contributed by atoms with Crippen LogP contribution in [-0.2, 0) is 9.59 Å². The molecule has 2 saturated carbocycles. The van der Waals surface area contributed by atoms with Crippen molar-refractivity contribution in [3.63, 3.8) is 0 Å². The Balaban J connectivity index is 1.90. The lowest BCUT2D eigenvalue weighted by molar-refractivity contribution is -0.146. The molecule has 3 heteroatoms. The lowest BCUT2D eigenvalue weighted by Gasteiger charge is -2.42. The molecule has 3 nitrogen and oxygen atoms in total. The summed E-state index contributed by atoms with van der Waals surface area (Å²) in [7, 11) is 0. The van der Waals surface area contributed by atoms with E-state index in [0.29, 0.717) is 12.3 Å². The van der Waals surface area contributed by atoms with E-state index in [1.165, 1.54) is 38.5 Å². The molecule has 3 fully saturated rings. The van der Waals surface area contributed by atoms with E-state index in [9.17, 15) is 9.59 Å². The Morgan fingerprint density at radius 1 is 1.00 bits per heavy atom. The normalized spacial score (nSPS) is 33.3. The van der Waals surface area contributed by atoms with E-state index in [4.69, 9.17) is 0 Å². The van der Waals surface area contributed by atoms with Crippen molar-refractivity contribution in [2.75, 3.05) is 0 Å². The topological polar surface area (TPSA) is 46.2 Å². The maximum atomic E-state index is 12.2. The van der Waals surface area contributed by atoms with Crippen LogP contribution in [0, 0.1) is 17.3 Å². The van der Waals surface area contributed by atoms with Crippen LogP contribution in [0.25, 0.3) is 0 Å². The molecule has 0 radical (unpaired) electrons. The van der Waals surface area contributed by atoms with Crippen LogP contribution in [0.15, 0.2) is 0 Å². The van der Waals surface area contributed by atoms with E-state index < -0.39 is 0 Å². The first kappa shape index (κ1) is 11.2. The molecule has 0 bridgehead atoms. The van der Waals surface area contributed by atoms with Gasteiger partial charge in [0.15, 0.2) is 0 Å². The number of imide groups is 1. The second-order valence-corrected chi connectivity index (χ2v) is 6.18. The van der Waals surface area contributed by atoms with Gasteiger partial charge in [0.2, 0.25) is 11.8 Å². The minimum Gasteiger partial charge on any atom is -0.296 e. The van der Waals surface area contributed by atoms with Crippen molar-refractivity contribution in [1.82, 2.24) is 5.32 Å². The Hall–Kier alpha value is -0.860. The molecule has 0 aromatic rings. The molecule has 1 atom stereocenters. The molecule has 0 aromatic heterocycles. The number of nitrogens with one attached hydrogen (secondary N) is 1. The number of hydrogen-bond donors (Lipinski definition) is 1. The highest BCUT2D eigenvalue weighted by molar-refractivity contribution is 5.99. The summed E-state index contributed by atoms with van der Waals surface area (Å²) < 4.78 is 0. The van der Waals surface area contributed by atoms with Gasteiger partial charge in [-0.3, -0.25) is 14.9 Å². The van der Waals surface area contributed by atoms with Crippen molar-refractivity contribution in [2.45, 2.75) is 57.8 Å². The van der Waals surface area contributed by atoms with E-state index in [-0.39, 0.29) is 23.1 Å². The summed E-state index contributed by atoms with van der Waals surface area (Å²) in [6.45, 7) is 0. The maximum Gasteiger partial charge on any atom is 0.230 e. The molecule has 1 heterocycles. The summed E-state index contributed by atoms with van der Waals surface area (Å²) in [5, 5.41) is 2.58. The van der Waals surface area contributed by atoms with Crippen LogP contribution in [0.2, 0.25) is 0 Å². The molecule has 1 spiro atoms. The summed E-state index contributed by atoms with van der Waals surface area (Å²) >= 11 is 0. The number of carbonyl (C=O) groups is 2. The van der Waals surface area contributed by atoms with E-state index in [1.54, 1.807) is 0 Å². The molecule has 3 rings (SSSR count). The van der Waals surface area contributed by atoms with E-state index in [0.717, 1.165) is 12.8 Å². The van der Waals surface area contributed by atoms with Crippen LogP contribution in [0.1, 0.15) is 57.8 Å². The first-order chi connectivity index (χ1) is 8.21. The number of hydrogen-bond acceptors (Lipinski definition) is 2. The van der Waals surface area contributed by atoms with Crippen molar-refractivity contribution >= 4 is 11.8 Å². The van der Waals surface area contributed by atoms with Gasteiger partial charge in [0, 0.05) is 12.3 Å². The third-order valence-electron chi connectivity index (χ3n) is 5.19. The Labute approximate surface area is 102 Å². The lowest BCUT2D eigenvalue weighted by atomic mass is 9.63. The zero-order valence-electron chi connectivity index (χ0n) is 10.3. The van der Waals surface area contributed by atoms with Crippen LogP contribution < -0.4 is 5.32 Å². The van der Waals surface area contributed by atoms with Crippen LogP contribution >= 0.6 is 0 Å². The van der Waals surface area contributed by atoms with Gasteiger partial charge in [0.05, 0.1) is 0 Å². The molecule has 2 aliphatic carbocycles. The molecular weight excluding hydrogens is 214 g/mol. The predicted molar refractivity (Wildman–Crippen MR) is 64.1 cm³/mol. The second-order valence-electron chi connectivity index (χ2n) is 6.18. The standard InChI is InChI=1S/C14H21NO2/c16-11-9-14(7-3-4-8-14)12(13(17)15-11)10-5-1-2-6-10/h10,12H,1-9H2,(H,15,16,17). The largest absolute Gasteiger partial charge is 0.296 e. The summed E-state index contributed by atoms with van der Waals surface area (Å²) in [5.41, 5.74) is 0.0361. The summed E-state index contributed by atoms with van der Waals surface area (Å²) in [6, 6.07) is 0. The lowest BCUT2D eigenvalue weighted by Crippen LogP contribution is -2.53. The Morgan fingerprint density at radius 3 is 2.29 bits per heavy atom. The van der Waals surface area contributed by atoms with Crippen molar-refractivity contribution in [1.29, 1.82) is 0 Å². The highest BCUT2D eigenvalue weighted by Gasteiger charge is 2.52. The van der Waals surface area contributed by atoms with Gasteiger partial charge in [-0.15, -0.1) is 0 Å². The molecule has 2 amide bonds. The van der Waals surface area contributed by atoms with Gasteiger partial charge < -0.3 is 0 Å². The molecule has 1 saturated heterocycles. The van der Waals surface area contributed by atoms with Crippen molar-refractivity contribution in [3.05, 3.63) is 0 Å². The smallest absolute Gasteiger partial charge is 0.230 e. The highest BCUT2D eigenvalue weighted by atomic mass is 16.2. The molecule has 1 unspecified atom stereocenters. The predicted octanol–water partition coefficient (Wildman–Crippen LogP) is 2.40. The van der Waals surface area contributed by atoms with Crippen LogP contribution in [0.4, 0.5) is 0 Å². The second kappa shape index (κ2) is 4.11. The maximum absolute atomic E-state index is 12.2. The Morgan fingerprint density at radius 2 is 1.65 bits per heavy atom.